The highest BCUT2D eigenvalue weighted by Crippen LogP contribution is 2.18. The van der Waals surface area contributed by atoms with Gasteiger partial charge in [-0.3, -0.25) is 4.79 Å². The molecule has 0 bridgehead atoms. The highest BCUT2D eigenvalue weighted by atomic mass is 32.2. The Morgan fingerprint density at radius 2 is 1.96 bits per heavy atom. The first-order valence-corrected chi connectivity index (χ1v) is 10.6. The molecule has 0 saturated carbocycles. The second-order valence-electron chi connectivity index (χ2n) is 5.48. The van der Waals surface area contributed by atoms with Gasteiger partial charge in [0.15, 0.2) is 9.84 Å². The van der Waals surface area contributed by atoms with Crippen molar-refractivity contribution in [3.8, 4) is 0 Å². The lowest BCUT2D eigenvalue weighted by Gasteiger charge is -2.38. The Kier molecular flexibility index (Phi) is 5.61. The van der Waals surface area contributed by atoms with Gasteiger partial charge in [0, 0.05) is 31.8 Å². The van der Waals surface area contributed by atoms with Crippen LogP contribution >= 0.6 is 0 Å². The van der Waals surface area contributed by atoms with Crippen LogP contribution in [0.15, 0.2) is 29.2 Å². The van der Waals surface area contributed by atoms with Crippen LogP contribution in [-0.4, -0.2) is 58.3 Å². The number of benzene rings is 1. The molecule has 0 atom stereocenters. The van der Waals surface area contributed by atoms with Gasteiger partial charge in [-0.15, -0.1) is 0 Å². The predicted molar refractivity (Wildman–Crippen MR) is 86.0 cm³/mol. The fourth-order valence-electron chi connectivity index (χ4n) is 2.27. The largest absolute Gasteiger partial charge is 0.340 e. The highest BCUT2D eigenvalue weighted by molar-refractivity contribution is 7.92. The molecule has 1 amide bonds. The molecular weight excluding hydrogens is 359 g/mol. The lowest BCUT2D eigenvalue weighted by molar-refractivity contribution is -0.134. The van der Waals surface area contributed by atoms with Gasteiger partial charge in [-0.05, 0) is 18.2 Å². The minimum atomic E-state index is -3.89. The van der Waals surface area contributed by atoms with Crippen LogP contribution in [0.1, 0.15) is 13.3 Å². The summed E-state index contributed by atoms with van der Waals surface area (Å²) in [6, 6.07) is 4.55. The Bertz CT molecular complexity index is 817. The van der Waals surface area contributed by atoms with Crippen LogP contribution < -0.4 is 4.72 Å². The first kappa shape index (κ1) is 18.8. The van der Waals surface area contributed by atoms with Gasteiger partial charge >= 0.3 is 0 Å². The van der Waals surface area contributed by atoms with Crippen molar-refractivity contribution >= 4 is 25.8 Å². The standard InChI is InChI=1S/C14H19FN2O5S2/c1-2-23(19,20)13-9-17(10-13)14(18)6-7-16-24(21,22)12-5-3-4-11(15)8-12/h3-5,8,13,16H,2,6-7,9-10H2,1H3. The molecule has 2 rings (SSSR count). The van der Waals surface area contributed by atoms with Crippen LogP contribution in [0.3, 0.4) is 0 Å². The Balaban J connectivity index is 1.82. The molecule has 134 valence electrons. The number of carbonyl (C=O) groups is 1. The van der Waals surface area contributed by atoms with Gasteiger partial charge in [0.05, 0.1) is 10.1 Å². The van der Waals surface area contributed by atoms with Crippen molar-refractivity contribution in [3.05, 3.63) is 30.1 Å². The third kappa shape index (κ3) is 4.31. The van der Waals surface area contributed by atoms with E-state index < -0.39 is 30.9 Å². The second kappa shape index (κ2) is 7.16. The maximum atomic E-state index is 13.1. The zero-order chi connectivity index (χ0) is 18.0. The number of amides is 1. The number of hydrogen-bond acceptors (Lipinski definition) is 5. The number of halogens is 1. The van der Waals surface area contributed by atoms with E-state index in [2.05, 4.69) is 4.72 Å². The maximum Gasteiger partial charge on any atom is 0.240 e. The fourth-order valence-corrected chi connectivity index (χ4v) is 4.62. The number of likely N-dealkylation sites (tertiary alicyclic amines) is 1. The summed E-state index contributed by atoms with van der Waals surface area (Å²) in [5, 5.41) is -0.532. The van der Waals surface area contributed by atoms with E-state index in [0.29, 0.717) is 0 Å². The van der Waals surface area contributed by atoms with Gasteiger partial charge < -0.3 is 4.90 Å². The number of carbonyl (C=O) groups excluding carboxylic acids is 1. The zero-order valence-electron chi connectivity index (χ0n) is 13.1. The van der Waals surface area contributed by atoms with Gasteiger partial charge in [0.25, 0.3) is 0 Å². The Labute approximate surface area is 140 Å². The maximum absolute atomic E-state index is 13.1. The minimum absolute atomic E-state index is 0.0349. The molecule has 0 unspecified atom stereocenters. The van der Waals surface area contributed by atoms with Crippen molar-refractivity contribution in [3.63, 3.8) is 0 Å². The van der Waals surface area contributed by atoms with Crippen molar-refractivity contribution in [2.45, 2.75) is 23.5 Å². The summed E-state index contributed by atoms with van der Waals surface area (Å²) >= 11 is 0. The molecule has 1 aliphatic heterocycles. The van der Waals surface area contributed by atoms with E-state index >= 15 is 0 Å². The lowest BCUT2D eigenvalue weighted by Crippen LogP contribution is -2.57. The van der Waals surface area contributed by atoms with Crippen molar-refractivity contribution in [1.29, 1.82) is 0 Å². The summed E-state index contributed by atoms with van der Waals surface area (Å²) < 4.78 is 62.5. The monoisotopic (exact) mass is 378 g/mol. The summed E-state index contributed by atoms with van der Waals surface area (Å²) in [7, 11) is -7.04. The van der Waals surface area contributed by atoms with Crippen LogP contribution in [-0.2, 0) is 24.7 Å². The summed E-state index contributed by atoms with van der Waals surface area (Å²) in [4.78, 5) is 13.1. The topological polar surface area (TPSA) is 101 Å². The zero-order valence-corrected chi connectivity index (χ0v) is 14.7. The van der Waals surface area contributed by atoms with Gasteiger partial charge in [0.2, 0.25) is 15.9 Å². The SMILES string of the molecule is CCS(=O)(=O)C1CN(C(=O)CCNS(=O)(=O)c2cccc(F)c2)C1. The summed E-state index contributed by atoms with van der Waals surface area (Å²) in [5.74, 6) is -0.954. The number of sulfone groups is 1. The summed E-state index contributed by atoms with van der Waals surface area (Å²) in [6.45, 7) is 1.71. The third-order valence-corrected chi connectivity index (χ3v) is 7.43. The van der Waals surface area contributed by atoms with Gasteiger partial charge in [-0.1, -0.05) is 13.0 Å². The van der Waals surface area contributed by atoms with E-state index in [1.807, 2.05) is 0 Å². The molecule has 24 heavy (non-hydrogen) atoms. The minimum Gasteiger partial charge on any atom is -0.340 e. The highest BCUT2D eigenvalue weighted by Gasteiger charge is 2.38. The fraction of sp³-hybridized carbons (Fsp3) is 0.500. The molecule has 1 aliphatic rings. The lowest BCUT2D eigenvalue weighted by atomic mass is 10.2. The normalized spacial score (nSPS) is 16.0. The van der Waals surface area contributed by atoms with Crippen molar-refractivity contribution in [1.82, 2.24) is 9.62 Å². The molecule has 7 nitrogen and oxygen atoms in total. The quantitative estimate of drug-likeness (QED) is 0.727. The second-order valence-corrected chi connectivity index (χ2v) is 9.81. The molecular formula is C14H19FN2O5S2. The van der Waals surface area contributed by atoms with E-state index in [4.69, 9.17) is 0 Å². The molecule has 0 aliphatic carbocycles. The molecule has 0 aromatic heterocycles. The number of sulfonamides is 1. The van der Waals surface area contributed by atoms with Crippen molar-refractivity contribution in [2.24, 2.45) is 0 Å². The van der Waals surface area contributed by atoms with Crippen LogP contribution in [0.4, 0.5) is 4.39 Å². The molecule has 1 fully saturated rings. The molecule has 1 saturated heterocycles. The van der Waals surface area contributed by atoms with Crippen molar-refractivity contribution < 1.29 is 26.0 Å². The van der Waals surface area contributed by atoms with Crippen LogP contribution in [0.25, 0.3) is 0 Å². The van der Waals surface area contributed by atoms with E-state index in [1.165, 1.54) is 17.0 Å². The molecule has 1 aromatic carbocycles. The number of hydrogen-bond donors (Lipinski definition) is 1. The molecule has 1 aromatic rings. The van der Waals surface area contributed by atoms with E-state index in [9.17, 15) is 26.0 Å². The Morgan fingerprint density at radius 3 is 2.54 bits per heavy atom. The third-order valence-electron chi connectivity index (χ3n) is 3.85. The van der Waals surface area contributed by atoms with Gasteiger partial charge in [0.1, 0.15) is 5.82 Å². The predicted octanol–water partition coefficient (Wildman–Crippen LogP) is 0.140. The molecule has 10 heteroatoms. The molecule has 0 radical (unpaired) electrons. The first-order valence-electron chi connectivity index (χ1n) is 7.40. The Hall–Kier alpha value is -1.52. The van der Waals surface area contributed by atoms with Crippen LogP contribution in [0.2, 0.25) is 0 Å². The summed E-state index contributed by atoms with van der Waals surface area (Å²) in [5.41, 5.74) is 0. The van der Waals surface area contributed by atoms with E-state index in [1.54, 1.807) is 6.92 Å². The van der Waals surface area contributed by atoms with Gasteiger partial charge in [-0.25, -0.2) is 25.9 Å². The number of nitrogens with one attached hydrogen (secondary N) is 1. The smallest absolute Gasteiger partial charge is 0.240 e. The average Bonchev–Trinajstić information content (AvgIpc) is 2.45. The average molecular weight is 378 g/mol. The van der Waals surface area contributed by atoms with Gasteiger partial charge in [-0.2, -0.15) is 0 Å². The molecule has 1 N–H and O–H groups in total. The Morgan fingerprint density at radius 1 is 1.29 bits per heavy atom. The molecule has 0 spiro atoms. The number of rotatable bonds is 7. The first-order chi connectivity index (χ1) is 11.2. The number of nitrogens with zero attached hydrogens (tertiary/aromatic N) is 1. The molecule has 1 heterocycles. The van der Waals surface area contributed by atoms with E-state index in [0.717, 1.165) is 12.1 Å². The van der Waals surface area contributed by atoms with Crippen molar-refractivity contribution in [2.75, 3.05) is 25.4 Å². The van der Waals surface area contributed by atoms with Crippen LogP contribution in [0.5, 0.6) is 0 Å². The summed E-state index contributed by atoms with van der Waals surface area (Å²) in [6.07, 6.45) is -0.0898. The van der Waals surface area contributed by atoms with E-state index in [-0.39, 0.29) is 42.6 Å². The van der Waals surface area contributed by atoms with Crippen LogP contribution in [0, 0.1) is 5.82 Å².